The minimum atomic E-state index is -0.222. The molecule has 2 rings (SSSR count). The van der Waals surface area contributed by atoms with Crippen LogP contribution in [0.15, 0.2) is 24.3 Å². The molecule has 0 aliphatic carbocycles. The maximum atomic E-state index is 11.6. The van der Waals surface area contributed by atoms with Crippen molar-refractivity contribution in [3.8, 4) is 5.75 Å². The van der Waals surface area contributed by atoms with Crippen LogP contribution in [0.2, 0.25) is 0 Å². The monoisotopic (exact) mass is 281 g/mol. The summed E-state index contributed by atoms with van der Waals surface area (Å²) in [6.07, 6.45) is 0. The van der Waals surface area contributed by atoms with Gasteiger partial charge in [-0.15, -0.1) is 0 Å². The molecule has 0 bridgehead atoms. The number of hydrogen-bond acceptors (Lipinski definition) is 5. The van der Waals surface area contributed by atoms with Crippen LogP contribution in [0.3, 0.4) is 0 Å². The van der Waals surface area contributed by atoms with Crippen molar-refractivity contribution < 1.29 is 14.3 Å². The fraction of sp³-hybridized carbons (Fsp3) is 0.500. The quantitative estimate of drug-likeness (QED) is 0.855. The molecule has 1 saturated heterocycles. The normalized spacial score (nSPS) is 22.8. The third kappa shape index (κ3) is 3.64. The van der Waals surface area contributed by atoms with E-state index in [4.69, 9.17) is 9.47 Å². The number of nitrogens with one attached hydrogen (secondary N) is 1. The summed E-state index contributed by atoms with van der Waals surface area (Å²) in [6, 6.07) is 7.98. The molecule has 1 fully saturated rings. The Balaban J connectivity index is 2.02. The Kier molecular flexibility index (Phi) is 5.10. The lowest BCUT2D eigenvalue weighted by molar-refractivity contribution is -0.142. The molecule has 2 unspecified atom stereocenters. The number of carbonyl (C=O) groups excluding carboxylic acids is 1. The van der Waals surface area contributed by atoms with E-state index in [1.165, 1.54) is 12.7 Å². The maximum Gasteiger partial charge on any atom is 0.323 e. The van der Waals surface area contributed by atoms with Crippen molar-refractivity contribution in [1.82, 2.24) is 5.32 Å². The van der Waals surface area contributed by atoms with Crippen LogP contribution in [-0.4, -0.2) is 37.2 Å². The second-order valence-electron chi connectivity index (χ2n) is 4.33. The second-order valence-corrected chi connectivity index (χ2v) is 5.41. The fourth-order valence-electron chi connectivity index (χ4n) is 2.08. The van der Waals surface area contributed by atoms with Gasteiger partial charge in [-0.2, -0.15) is 11.8 Å². The van der Waals surface area contributed by atoms with E-state index < -0.39 is 0 Å². The van der Waals surface area contributed by atoms with Crippen molar-refractivity contribution in [2.45, 2.75) is 19.0 Å². The molecule has 2 atom stereocenters. The van der Waals surface area contributed by atoms with Gasteiger partial charge in [0, 0.05) is 17.5 Å². The highest BCUT2D eigenvalue weighted by atomic mass is 32.2. The van der Waals surface area contributed by atoms with E-state index >= 15 is 0 Å². The Bertz CT molecular complexity index is 421. The molecule has 0 radical (unpaired) electrons. The summed E-state index contributed by atoms with van der Waals surface area (Å²) in [5.41, 5.74) is 1.17. The zero-order chi connectivity index (χ0) is 13.7. The molecule has 1 aromatic carbocycles. The predicted octanol–water partition coefficient (Wildman–Crippen LogP) is 2.00. The van der Waals surface area contributed by atoms with Gasteiger partial charge in [0.25, 0.3) is 0 Å². The van der Waals surface area contributed by atoms with Gasteiger partial charge in [0.1, 0.15) is 11.8 Å². The first-order valence-corrected chi connectivity index (χ1v) is 7.54. The Morgan fingerprint density at radius 2 is 2.11 bits per heavy atom. The number of methoxy groups -OCH3 is 1. The standard InChI is InChI=1S/C14H19NO3S/c1-3-18-11-6-4-10(5-7-11)12-8-19-9-13(15-12)14(16)17-2/h4-7,12-13,15H,3,8-9H2,1-2H3. The molecule has 0 aromatic heterocycles. The Hall–Kier alpha value is -1.20. The molecule has 0 amide bonds. The number of benzene rings is 1. The third-order valence-electron chi connectivity index (χ3n) is 3.05. The maximum absolute atomic E-state index is 11.6. The smallest absolute Gasteiger partial charge is 0.323 e. The van der Waals surface area contributed by atoms with E-state index in [9.17, 15) is 4.79 Å². The minimum absolute atomic E-state index is 0.179. The van der Waals surface area contributed by atoms with Crippen LogP contribution in [0.25, 0.3) is 0 Å². The van der Waals surface area contributed by atoms with Crippen molar-refractivity contribution >= 4 is 17.7 Å². The van der Waals surface area contributed by atoms with E-state index in [-0.39, 0.29) is 18.1 Å². The Morgan fingerprint density at radius 1 is 1.37 bits per heavy atom. The molecule has 0 saturated carbocycles. The zero-order valence-electron chi connectivity index (χ0n) is 11.2. The van der Waals surface area contributed by atoms with E-state index in [1.54, 1.807) is 11.8 Å². The van der Waals surface area contributed by atoms with Crippen LogP contribution in [-0.2, 0) is 9.53 Å². The highest BCUT2D eigenvalue weighted by Gasteiger charge is 2.28. The van der Waals surface area contributed by atoms with Crippen molar-refractivity contribution in [2.24, 2.45) is 0 Å². The number of ether oxygens (including phenoxy) is 2. The minimum Gasteiger partial charge on any atom is -0.494 e. The largest absolute Gasteiger partial charge is 0.494 e. The lowest BCUT2D eigenvalue weighted by Gasteiger charge is -2.29. The van der Waals surface area contributed by atoms with Crippen LogP contribution in [0, 0.1) is 0 Å². The van der Waals surface area contributed by atoms with Gasteiger partial charge in [-0.1, -0.05) is 12.1 Å². The van der Waals surface area contributed by atoms with E-state index in [0.29, 0.717) is 6.61 Å². The summed E-state index contributed by atoms with van der Waals surface area (Å²) < 4.78 is 10.2. The summed E-state index contributed by atoms with van der Waals surface area (Å²) in [7, 11) is 1.43. The average Bonchev–Trinajstić information content (AvgIpc) is 2.48. The molecule has 1 aliphatic heterocycles. The summed E-state index contributed by atoms with van der Waals surface area (Å²) in [5, 5.41) is 3.34. The Labute approximate surface area is 117 Å². The summed E-state index contributed by atoms with van der Waals surface area (Å²) in [5.74, 6) is 2.41. The first kappa shape index (κ1) is 14.2. The lowest BCUT2D eigenvalue weighted by atomic mass is 10.1. The van der Waals surface area contributed by atoms with Crippen LogP contribution >= 0.6 is 11.8 Å². The first-order valence-electron chi connectivity index (χ1n) is 6.39. The fourth-order valence-corrected chi connectivity index (χ4v) is 3.21. The van der Waals surface area contributed by atoms with E-state index in [0.717, 1.165) is 17.3 Å². The second kappa shape index (κ2) is 6.82. The van der Waals surface area contributed by atoms with Crippen molar-refractivity contribution in [2.75, 3.05) is 25.2 Å². The zero-order valence-corrected chi connectivity index (χ0v) is 12.0. The number of rotatable bonds is 4. The van der Waals surface area contributed by atoms with Crippen LogP contribution in [0.4, 0.5) is 0 Å². The number of carbonyl (C=O) groups is 1. The van der Waals surface area contributed by atoms with Crippen LogP contribution in [0.1, 0.15) is 18.5 Å². The molecule has 19 heavy (non-hydrogen) atoms. The van der Waals surface area contributed by atoms with Crippen LogP contribution in [0.5, 0.6) is 5.75 Å². The molecule has 0 spiro atoms. The molecule has 1 N–H and O–H groups in total. The number of hydrogen-bond donors (Lipinski definition) is 1. The average molecular weight is 281 g/mol. The van der Waals surface area contributed by atoms with Gasteiger partial charge in [0.05, 0.1) is 13.7 Å². The van der Waals surface area contributed by atoms with Gasteiger partial charge in [-0.05, 0) is 24.6 Å². The van der Waals surface area contributed by atoms with Gasteiger partial charge in [-0.3, -0.25) is 10.1 Å². The van der Waals surface area contributed by atoms with Gasteiger partial charge < -0.3 is 9.47 Å². The van der Waals surface area contributed by atoms with Gasteiger partial charge in [0.15, 0.2) is 0 Å². The Morgan fingerprint density at radius 3 is 2.74 bits per heavy atom. The molecule has 4 nitrogen and oxygen atoms in total. The van der Waals surface area contributed by atoms with E-state index in [1.807, 2.05) is 31.2 Å². The number of thioether (sulfide) groups is 1. The van der Waals surface area contributed by atoms with Crippen molar-refractivity contribution in [1.29, 1.82) is 0 Å². The molecule has 1 aliphatic rings. The third-order valence-corrected chi connectivity index (χ3v) is 4.19. The predicted molar refractivity (Wildman–Crippen MR) is 76.6 cm³/mol. The molecular formula is C14H19NO3S. The molecule has 5 heteroatoms. The highest BCUT2D eigenvalue weighted by Crippen LogP contribution is 2.26. The van der Waals surface area contributed by atoms with E-state index in [2.05, 4.69) is 5.32 Å². The van der Waals surface area contributed by atoms with Crippen LogP contribution < -0.4 is 10.1 Å². The molecule has 1 aromatic rings. The van der Waals surface area contributed by atoms with Gasteiger partial charge >= 0.3 is 5.97 Å². The lowest BCUT2D eigenvalue weighted by Crippen LogP contribution is -2.45. The molecule has 1 heterocycles. The molecule has 104 valence electrons. The van der Waals surface area contributed by atoms with Gasteiger partial charge in [-0.25, -0.2) is 0 Å². The summed E-state index contributed by atoms with van der Waals surface area (Å²) in [4.78, 5) is 11.6. The summed E-state index contributed by atoms with van der Waals surface area (Å²) >= 11 is 1.77. The highest BCUT2D eigenvalue weighted by molar-refractivity contribution is 7.99. The van der Waals surface area contributed by atoms with Crippen molar-refractivity contribution in [3.63, 3.8) is 0 Å². The van der Waals surface area contributed by atoms with Gasteiger partial charge in [0.2, 0.25) is 0 Å². The first-order chi connectivity index (χ1) is 9.24. The van der Waals surface area contributed by atoms with Crippen molar-refractivity contribution in [3.05, 3.63) is 29.8 Å². The number of esters is 1. The molecular weight excluding hydrogens is 262 g/mol. The summed E-state index contributed by atoms with van der Waals surface area (Å²) in [6.45, 7) is 2.63. The topological polar surface area (TPSA) is 47.6 Å². The SMILES string of the molecule is CCOc1ccc(C2CSCC(C(=O)OC)N2)cc1.